The quantitative estimate of drug-likeness (QED) is 0.398. The molecule has 0 bridgehead atoms. The lowest BCUT2D eigenvalue weighted by atomic mass is 9.94. The third-order valence-corrected chi connectivity index (χ3v) is 6.00. The van der Waals surface area contributed by atoms with E-state index in [-0.39, 0.29) is 17.0 Å². The molecule has 5 rings (SSSR count). The monoisotopic (exact) mass is 518 g/mol. The van der Waals surface area contributed by atoms with Crippen LogP contribution in [0, 0.1) is 11.3 Å². The number of halogens is 3. The molecule has 38 heavy (non-hydrogen) atoms. The number of allylic oxidation sites excluding steroid dienone is 1. The highest BCUT2D eigenvalue weighted by molar-refractivity contribution is 6.03. The number of amides is 2. The number of carbonyl (C=O) groups is 2. The van der Waals surface area contributed by atoms with E-state index >= 15 is 0 Å². The van der Waals surface area contributed by atoms with Gasteiger partial charge in [-0.1, -0.05) is 35.2 Å². The van der Waals surface area contributed by atoms with Crippen LogP contribution >= 0.6 is 0 Å². The van der Waals surface area contributed by atoms with Gasteiger partial charge < -0.3 is 10.2 Å². The minimum atomic E-state index is -4.64. The average Bonchev–Trinajstić information content (AvgIpc) is 3.30. The van der Waals surface area contributed by atoms with Gasteiger partial charge in [0.25, 0.3) is 0 Å². The first kappa shape index (κ1) is 24.5. The Kier molecular flexibility index (Phi) is 6.04. The fraction of sp³-hybridized carbons (Fsp3) is 0.115. The van der Waals surface area contributed by atoms with Gasteiger partial charge in [0.2, 0.25) is 0 Å². The van der Waals surface area contributed by atoms with Crippen molar-refractivity contribution in [1.29, 1.82) is 5.26 Å². The smallest absolute Gasteiger partial charge is 0.326 e. The number of anilines is 1. The Labute approximate surface area is 213 Å². The summed E-state index contributed by atoms with van der Waals surface area (Å²) in [5.74, 6) is -0.913. The highest BCUT2D eigenvalue weighted by Gasteiger charge is 2.39. The maximum atomic E-state index is 13.6. The minimum Gasteiger partial charge on any atom is -0.326 e. The SMILES string of the molecule is CC1=C(C(=O)On2nnc3ccccc32)C(c2ccc(C#N)cc2)NC(=O)N1c1cccc(C(F)(F)F)c1. The van der Waals surface area contributed by atoms with Crippen LogP contribution in [0.2, 0.25) is 0 Å². The van der Waals surface area contributed by atoms with Crippen LogP contribution in [0.15, 0.2) is 84.1 Å². The molecule has 1 aromatic heterocycles. The number of rotatable bonds is 4. The lowest BCUT2D eigenvalue weighted by Gasteiger charge is -2.35. The molecule has 1 N–H and O–H groups in total. The van der Waals surface area contributed by atoms with E-state index in [0.717, 1.165) is 21.9 Å². The molecule has 2 amide bonds. The van der Waals surface area contributed by atoms with Gasteiger partial charge in [0.1, 0.15) is 11.0 Å². The van der Waals surface area contributed by atoms with Gasteiger partial charge >= 0.3 is 18.2 Å². The molecular weight excluding hydrogens is 501 g/mol. The van der Waals surface area contributed by atoms with Crippen molar-refractivity contribution in [1.82, 2.24) is 20.5 Å². The second-order valence-corrected chi connectivity index (χ2v) is 8.33. The Bertz CT molecular complexity index is 1640. The van der Waals surface area contributed by atoms with Crippen LogP contribution in [-0.2, 0) is 11.0 Å². The number of nitrogens with one attached hydrogen (secondary N) is 1. The first-order valence-corrected chi connectivity index (χ1v) is 11.2. The average molecular weight is 518 g/mol. The number of hydrogen-bond acceptors (Lipinski definition) is 6. The zero-order chi connectivity index (χ0) is 27.0. The van der Waals surface area contributed by atoms with Crippen LogP contribution in [0.5, 0.6) is 0 Å². The normalized spacial score (nSPS) is 15.8. The molecule has 0 spiro atoms. The number of hydrogen-bond donors (Lipinski definition) is 1. The summed E-state index contributed by atoms with van der Waals surface area (Å²) in [6, 6.07) is 17.3. The molecule has 0 saturated carbocycles. The Morgan fingerprint density at radius 1 is 1.08 bits per heavy atom. The zero-order valence-electron chi connectivity index (χ0n) is 19.6. The topological polar surface area (TPSA) is 113 Å². The third-order valence-electron chi connectivity index (χ3n) is 6.00. The second-order valence-electron chi connectivity index (χ2n) is 8.33. The van der Waals surface area contributed by atoms with Crippen LogP contribution in [0.4, 0.5) is 23.7 Å². The summed E-state index contributed by atoms with van der Waals surface area (Å²) in [4.78, 5) is 34.2. The van der Waals surface area contributed by atoms with Crippen LogP contribution in [0.1, 0.15) is 29.7 Å². The van der Waals surface area contributed by atoms with Crippen LogP contribution < -0.4 is 15.1 Å². The van der Waals surface area contributed by atoms with E-state index in [2.05, 4.69) is 15.6 Å². The fourth-order valence-corrected chi connectivity index (χ4v) is 4.18. The summed E-state index contributed by atoms with van der Waals surface area (Å²) in [5, 5.41) is 19.6. The fourth-order valence-electron chi connectivity index (χ4n) is 4.18. The summed E-state index contributed by atoms with van der Waals surface area (Å²) in [6.45, 7) is 1.44. The molecule has 1 aliphatic rings. The Morgan fingerprint density at radius 2 is 1.82 bits per heavy atom. The highest BCUT2D eigenvalue weighted by Crippen LogP contribution is 2.37. The Hall–Kier alpha value is -5.18. The molecule has 12 heteroatoms. The van der Waals surface area contributed by atoms with Crippen molar-refractivity contribution in [2.75, 3.05) is 4.90 Å². The number of urea groups is 1. The number of nitriles is 1. The Morgan fingerprint density at radius 3 is 2.53 bits per heavy atom. The molecule has 0 radical (unpaired) electrons. The summed E-state index contributed by atoms with van der Waals surface area (Å²) in [7, 11) is 0. The van der Waals surface area contributed by atoms with Crippen molar-refractivity contribution in [2.24, 2.45) is 0 Å². The molecule has 190 valence electrons. The van der Waals surface area contributed by atoms with Crippen LogP contribution in [0.25, 0.3) is 11.0 Å². The summed E-state index contributed by atoms with van der Waals surface area (Å²) in [5.41, 5.74) is 0.646. The van der Waals surface area contributed by atoms with E-state index < -0.39 is 29.8 Å². The van der Waals surface area contributed by atoms with Gasteiger partial charge in [-0.05, 0) is 60.2 Å². The molecule has 9 nitrogen and oxygen atoms in total. The van der Waals surface area contributed by atoms with Crippen molar-refractivity contribution in [3.63, 3.8) is 0 Å². The molecule has 1 aliphatic heterocycles. The van der Waals surface area contributed by atoms with E-state index in [9.17, 15) is 22.8 Å². The molecule has 1 atom stereocenters. The standard InChI is InChI=1S/C26H17F3N6O3/c1-15-22(24(36)38-35-21-8-3-2-7-20(21)32-33-35)23(17-11-9-16(14-30)10-12-17)31-25(37)34(15)19-6-4-5-18(13-19)26(27,28)29/h2-13,23H,1H3,(H,31,37). The van der Waals surface area contributed by atoms with Gasteiger partial charge in [0, 0.05) is 5.70 Å². The summed E-state index contributed by atoms with van der Waals surface area (Å²) < 4.78 is 40.1. The number of aromatic nitrogens is 3. The number of benzene rings is 3. The van der Waals surface area contributed by atoms with E-state index in [1.54, 1.807) is 36.4 Å². The second kappa shape index (κ2) is 9.36. The van der Waals surface area contributed by atoms with Gasteiger partial charge in [-0.3, -0.25) is 4.90 Å². The number of carbonyl (C=O) groups excluding carboxylic acids is 2. The largest absolute Gasteiger partial charge is 0.416 e. The molecule has 0 saturated heterocycles. The van der Waals surface area contributed by atoms with Crippen LogP contribution in [0.3, 0.4) is 0 Å². The maximum Gasteiger partial charge on any atom is 0.416 e. The number of nitrogens with zero attached hydrogens (tertiary/aromatic N) is 5. The lowest BCUT2D eigenvalue weighted by molar-refractivity contribution is -0.141. The lowest BCUT2D eigenvalue weighted by Crippen LogP contribution is -2.49. The first-order chi connectivity index (χ1) is 18.2. The van der Waals surface area contributed by atoms with Crippen molar-refractivity contribution < 1.29 is 27.6 Å². The first-order valence-electron chi connectivity index (χ1n) is 11.2. The van der Waals surface area contributed by atoms with Gasteiger partial charge in [-0.25, -0.2) is 9.59 Å². The van der Waals surface area contributed by atoms with E-state index in [0.29, 0.717) is 22.2 Å². The third kappa shape index (κ3) is 4.41. The van der Waals surface area contributed by atoms with Crippen molar-refractivity contribution in [3.8, 4) is 6.07 Å². The van der Waals surface area contributed by atoms with Crippen molar-refractivity contribution >= 4 is 28.7 Å². The van der Waals surface area contributed by atoms with Gasteiger partial charge in [-0.2, -0.15) is 18.4 Å². The molecule has 4 aromatic rings. The molecule has 2 heterocycles. The zero-order valence-corrected chi connectivity index (χ0v) is 19.6. The van der Waals surface area contributed by atoms with Crippen molar-refractivity contribution in [3.05, 3.63) is 101 Å². The minimum absolute atomic E-state index is 0.0497. The molecule has 3 aromatic carbocycles. The predicted octanol–water partition coefficient (Wildman–Crippen LogP) is 4.52. The number of fused-ring (bicyclic) bond motifs is 1. The van der Waals surface area contributed by atoms with Gasteiger partial charge in [0.15, 0.2) is 0 Å². The van der Waals surface area contributed by atoms with E-state index in [1.165, 1.54) is 31.2 Å². The van der Waals surface area contributed by atoms with Gasteiger partial charge in [-0.15, -0.1) is 5.10 Å². The maximum absolute atomic E-state index is 13.6. The predicted molar refractivity (Wildman–Crippen MR) is 128 cm³/mol. The molecule has 0 fully saturated rings. The molecular formula is C26H17F3N6O3. The van der Waals surface area contributed by atoms with E-state index in [1.807, 2.05) is 6.07 Å². The van der Waals surface area contributed by atoms with Crippen molar-refractivity contribution in [2.45, 2.75) is 19.1 Å². The number of para-hydroxylation sites is 1. The highest BCUT2D eigenvalue weighted by atomic mass is 19.4. The number of alkyl halides is 3. The van der Waals surface area contributed by atoms with Crippen LogP contribution in [-0.4, -0.2) is 27.2 Å². The van der Waals surface area contributed by atoms with Gasteiger partial charge in [0.05, 0.1) is 34.5 Å². The molecule has 0 aliphatic carbocycles. The Balaban J connectivity index is 1.62. The summed E-state index contributed by atoms with van der Waals surface area (Å²) >= 11 is 0. The molecule has 1 unspecified atom stereocenters. The van der Waals surface area contributed by atoms with E-state index in [4.69, 9.17) is 10.1 Å². The summed E-state index contributed by atoms with van der Waals surface area (Å²) in [6.07, 6.45) is -4.64.